The van der Waals surface area contributed by atoms with Crippen LogP contribution in [0.5, 0.6) is 0 Å². The van der Waals surface area contributed by atoms with E-state index in [0.717, 1.165) is 32.8 Å². The van der Waals surface area contributed by atoms with E-state index in [1.165, 1.54) is 0 Å². The van der Waals surface area contributed by atoms with Gasteiger partial charge in [-0.15, -0.1) is 0 Å². The first-order chi connectivity index (χ1) is 14.8. The number of esters is 1. The zero-order chi connectivity index (χ0) is 22.3. The van der Waals surface area contributed by atoms with Crippen molar-refractivity contribution in [2.24, 2.45) is 0 Å². The average molecular weight is 448 g/mol. The molecule has 4 fully saturated rings. The normalized spacial score (nSPS) is 45.1. The predicted octanol–water partition coefficient (Wildman–Crippen LogP) is -1.07. The van der Waals surface area contributed by atoms with E-state index in [4.69, 9.17) is 23.7 Å². The lowest BCUT2D eigenvalue weighted by molar-refractivity contribution is -0.502. The van der Waals surface area contributed by atoms with E-state index >= 15 is 0 Å². The number of fused-ring (bicyclic) bond motifs is 2. The van der Waals surface area contributed by atoms with Gasteiger partial charge in [0.1, 0.15) is 24.4 Å². The lowest BCUT2D eigenvalue weighted by Gasteiger charge is -2.61. The smallest absolute Gasteiger partial charge is 0.366 e. The average Bonchev–Trinajstić information content (AvgIpc) is 2.79. The van der Waals surface area contributed by atoms with E-state index in [0.29, 0.717) is 26.1 Å². The SMILES string of the molecule is COC(=O)[C@@]1(O)C[C@H]2O[C@@]3(CCCCO3)[C@]3(CCCCO3)O[C@@H]2[C@@H]([C@@H](O)[C@H](O)CO)O1. The summed E-state index contributed by atoms with van der Waals surface area (Å²) in [6, 6.07) is 0. The van der Waals surface area contributed by atoms with Crippen molar-refractivity contribution in [2.75, 3.05) is 26.9 Å². The molecule has 4 heterocycles. The van der Waals surface area contributed by atoms with E-state index in [9.17, 15) is 25.2 Å². The van der Waals surface area contributed by atoms with Crippen LogP contribution in [0.4, 0.5) is 0 Å². The summed E-state index contributed by atoms with van der Waals surface area (Å²) in [5.41, 5.74) is 0. The number of methoxy groups -OCH3 is 1. The number of ether oxygens (including phenoxy) is 6. The summed E-state index contributed by atoms with van der Waals surface area (Å²) in [6.07, 6.45) is -2.63. The van der Waals surface area contributed by atoms with E-state index in [2.05, 4.69) is 4.74 Å². The second-order valence-electron chi connectivity index (χ2n) is 8.66. The fourth-order valence-corrected chi connectivity index (χ4v) is 5.04. The highest BCUT2D eigenvalue weighted by Crippen LogP contribution is 2.52. The Labute approximate surface area is 180 Å². The third-order valence-corrected chi connectivity index (χ3v) is 6.64. The molecule has 0 aromatic carbocycles. The monoisotopic (exact) mass is 448 g/mol. The largest absolute Gasteiger partial charge is 0.465 e. The van der Waals surface area contributed by atoms with Crippen LogP contribution in [0.2, 0.25) is 0 Å². The Kier molecular flexibility index (Phi) is 6.61. The first-order valence-corrected chi connectivity index (χ1v) is 10.9. The van der Waals surface area contributed by atoms with Gasteiger partial charge in [-0.05, 0) is 25.7 Å². The number of aliphatic hydroxyl groups excluding tert-OH is 3. The standard InChI is InChI=1S/C20H32O11/c1-26-17(24)18(25)10-13-15(16(30-18)14(23)12(22)11-21)31-20(7-3-5-9-28-20)19(29-13)6-2-4-8-27-19/h12-16,21-23,25H,2-11H2,1H3/t12-,13-,14+,15+,16-,18-,19+,20+/m1/s1. The van der Waals surface area contributed by atoms with Gasteiger partial charge in [0.2, 0.25) is 11.6 Å². The Morgan fingerprint density at radius 2 is 1.65 bits per heavy atom. The molecule has 0 radical (unpaired) electrons. The predicted molar refractivity (Wildman–Crippen MR) is 100 cm³/mol. The van der Waals surface area contributed by atoms with Crippen LogP contribution in [0.1, 0.15) is 44.9 Å². The van der Waals surface area contributed by atoms with Gasteiger partial charge in [0.25, 0.3) is 5.79 Å². The summed E-state index contributed by atoms with van der Waals surface area (Å²) >= 11 is 0. The summed E-state index contributed by atoms with van der Waals surface area (Å²) in [5, 5.41) is 40.9. The van der Waals surface area contributed by atoms with E-state index in [1.807, 2.05) is 0 Å². The van der Waals surface area contributed by atoms with E-state index in [-0.39, 0.29) is 6.42 Å². The van der Waals surface area contributed by atoms with Crippen LogP contribution < -0.4 is 0 Å². The highest BCUT2D eigenvalue weighted by atomic mass is 16.8. The maximum Gasteiger partial charge on any atom is 0.366 e. The summed E-state index contributed by atoms with van der Waals surface area (Å²) < 4.78 is 35.3. The van der Waals surface area contributed by atoms with Crippen LogP contribution >= 0.6 is 0 Å². The summed E-state index contributed by atoms with van der Waals surface area (Å²) in [7, 11) is 1.10. The van der Waals surface area contributed by atoms with Crippen molar-refractivity contribution in [3.8, 4) is 0 Å². The van der Waals surface area contributed by atoms with Gasteiger partial charge in [-0.3, -0.25) is 0 Å². The second-order valence-corrected chi connectivity index (χ2v) is 8.66. The number of aliphatic hydroxyl groups is 4. The number of carbonyl (C=O) groups is 1. The van der Waals surface area contributed by atoms with Gasteiger partial charge in [-0.1, -0.05) is 0 Å². The molecule has 0 aliphatic carbocycles. The van der Waals surface area contributed by atoms with Crippen molar-refractivity contribution < 1.29 is 53.6 Å². The molecule has 0 unspecified atom stereocenters. The van der Waals surface area contributed by atoms with Crippen molar-refractivity contribution in [3.05, 3.63) is 0 Å². The lowest BCUT2D eigenvalue weighted by atomic mass is 9.84. The number of hydrogen-bond donors (Lipinski definition) is 4. The molecule has 0 aromatic heterocycles. The molecule has 0 amide bonds. The topological polar surface area (TPSA) is 153 Å². The van der Waals surface area contributed by atoms with Crippen LogP contribution in [0.3, 0.4) is 0 Å². The third kappa shape index (κ3) is 3.90. The molecule has 8 atom stereocenters. The molecule has 0 aromatic rings. The molecule has 4 rings (SSSR count). The molecule has 0 saturated carbocycles. The minimum atomic E-state index is -2.44. The van der Waals surface area contributed by atoms with Crippen LogP contribution in [0.15, 0.2) is 0 Å². The molecular weight excluding hydrogens is 416 g/mol. The van der Waals surface area contributed by atoms with Gasteiger partial charge >= 0.3 is 5.97 Å². The maximum absolute atomic E-state index is 12.3. The molecule has 11 heteroatoms. The zero-order valence-corrected chi connectivity index (χ0v) is 17.6. The number of hydrogen-bond acceptors (Lipinski definition) is 11. The molecule has 11 nitrogen and oxygen atoms in total. The van der Waals surface area contributed by atoms with Crippen molar-refractivity contribution in [1.29, 1.82) is 0 Å². The van der Waals surface area contributed by atoms with Crippen LogP contribution in [0, 0.1) is 0 Å². The van der Waals surface area contributed by atoms with E-state index < -0.39 is 60.5 Å². The van der Waals surface area contributed by atoms with Crippen LogP contribution in [-0.4, -0.2) is 101 Å². The molecule has 31 heavy (non-hydrogen) atoms. The van der Waals surface area contributed by atoms with Gasteiger partial charge in [0.15, 0.2) is 0 Å². The first kappa shape index (κ1) is 23.3. The van der Waals surface area contributed by atoms with Gasteiger partial charge in [-0.2, -0.15) is 0 Å². The van der Waals surface area contributed by atoms with Crippen molar-refractivity contribution in [1.82, 2.24) is 0 Å². The number of rotatable bonds is 4. The first-order valence-electron chi connectivity index (χ1n) is 10.9. The lowest BCUT2D eigenvalue weighted by Crippen LogP contribution is -2.75. The molecule has 0 bridgehead atoms. The Morgan fingerprint density at radius 1 is 1.03 bits per heavy atom. The Bertz CT molecular complexity index is 645. The summed E-state index contributed by atoms with van der Waals surface area (Å²) in [6.45, 7) is 0.120. The molecule has 4 aliphatic heterocycles. The molecule has 2 spiro atoms. The molecule has 4 N–H and O–H groups in total. The second kappa shape index (κ2) is 8.81. The highest BCUT2D eigenvalue weighted by Gasteiger charge is 2.68. The van der Waals surface area contributed by atoms with Crippen LogP contribution in [-0.2, 0) is 33.2 Å². The minimum Gasteiger partial charge on any atom is -0.465 e. The zero-order valence-electron chi connectivity index (χ0n) is 17.6. The maximum atomic E-state index is 12.3. The summed E-state index contributed by atoms with van der Waals surface area (Å²) in [5.74, 6) is -5.99. The van der Waals surface area contributed by atoms with Gasteiger partial charge < -0.3 is 48.8 Å². The molecular formula is C20H32O11. The highest BCUT2D eigenvalue weighted by molar-refractivity contribution is 5.77. The minimum absolute atomic E-state index is 0.329. The summed E-state index contributed by atoms with van der Waals surface area (Å²) in [4.78, 5) is 12.3. The quantitative estimate of drug-likeness (QED) is 0.389. The van der Waals surface area contributed by atoms with E-state index in [1.54, 1.807) is 0 Å². The van der Waals surface area contributed by atoms with Gasteiger partial charge in [0, 0.05) is 19.3 Å². The fraction of sp³-hybridized carbons (Fsp3) is 0.950. The van der Waals surface area contributed by atoms with Gasteiger partial charge in [-0.25, -0.2) is 4.79 Å². The fourth-order valence-electron chi connectivity index (χ4n) is 5.04. The van der Waals surface area contributed by atoms with Crippen LogP contribution in [0.25, 0.3) is 0 Å². The Hall–Kier alpha value is -0.890. The molecule has 4 saturated heterocycles. The Balaban J connectivity index is 1.71. The Morgan fingerprint density at radius 3 is 2.16 bits per heavy atom. The van der Waals surface area contributed by atoms with Crippen molar-refractivity contribution in [2.45, 2.75) is 92.8 Å². The van der Waals surface area contributed by atoms with Crippen molar-refractivity contribution >= 4 is 5.97 Å². The molecule has 4 aliphatic rings. The third-order valence-electron chi connectivity index (χ3n) is 6.64. The molecule has 178 valence electrons. The van der Waals surface area contributed by atoms with Gasteiger partial charge in [0.05, 0.1) is 33.0 Å². The number of carbonyl (C=O) groups excluding carboxylic acids is 1. The van der Waals surface area contributed by atoms with Crippen molar-refractivity contribution in [3.63, 3.8) is 0 Å².